The first kappa shape index (κ1) is 12.0. The lowest BCUT2D eigenvalue weighted by atomic mass is 9.88. The summed E-state index contributed by atoms with van der Waals surface area (Å²) in [5.74, 6) is 0. The Morgan fingerprint density at radius 3 is 2.64 bits per heavy atom. The minimum Gasteiger partial charge on any atom is -0.328 e. The number of likely N-dealkylation sites (N-methyl/N-ethyl adjacent to an activating group) is 1. The summed E-state index contributed by atoms with van der Waals surface area (Å²) in [7, 11) is 2.20. The molecule has 0 aromatic heterocycles. The van der Waals surface area contributed by atoms with Crippen LogP contribution in [0.4, 0.5) is 0 Å². The van der Waals surface area contributed by atoms with E-state index in [1.807, 2.05) is 0 Å². The van der Waals surface area contributed by atoms with Gasteiger partial charge in [-0.15, -0.1) is 0 Å². The molecule has 84 valence electrons. The summed E-state index contributed by atoms with van der Waals surface area (Å²) in [5.41, 5.74) is 5.72. The van der Waals surface area contributed by atoms with Crippen molar-refractivity contribution in [3.05, 3.63) is 0 Å². The highest BCUT2D eigenvalue weighted by Crippen LogP contribution is 2.16. The quantitative estimate of drug-likeness (QED) is 0.665. The molecule has 0 amide bonds. The molecule has 0 aromatic rings. The fraction of sp³-hybridized carbons (Fsp3) is 1.00. The molecular weight excluding hydrogens is 174 g/mol. The zero-order valence-electron chi connectivity index (χ0n) is 9.79. The van der Waals surface area contributed by atoms with E-state index in [2.05, 4.69) is 31.1 Å². The van der Waals surface area contributed by atoms with Crippen LogP contribution in [0.1, 0.15) is 33.1 Å². The van der Waals surface area contributed by atoms with Gasteiger partial charge >= 0.3 is 0 Å². The molecule has 1 aliphatic carbocycles. The highest BCUT2D eigenvalue weighted by Gasteiger charge is 2.24. The predicted octanol–water partition coefficient (Wildman–Crippen LogP) is 0.796. The lowest BCUT2D eigenvalue weighted by molar-refractivity contribution is 0.230. The summed E-state index contributed by atoms with van der Waals surface area (Å²) in [5, 5.41) is 3.54. The van der Waals surface area contributed by atoms with Gasteiger partial charge in [-0.05, 0) is 33.2 Å². The van der Waals surface area contributed by atoms with Crippen molar-refractivity contribution in [2.24, 2.45) is 5.73 Å². The van der Waals surface area contributed by atoms with Crippen LogP contribution in [0.25, 0.3) is 0 Å². The van der Waals surface area contributed by atoms with Crippen molar-refractivity contribution in [3.8, 4) is 0 Å². The van der Waals surface area contributed by atoms with Crippen molar-refractivity contribution in [2.45, 2.75) is 51.2 Å². The van der Waals surface area contributed by atoms with E-state index in [0.717, 1.165) is 25.9 Å². The maximum absolute atomic E-state index is 5.72. The molecule has 0 spiro atoms. The van der Waals surface area contributed by atoms with Crippen molar-refractivity contribution >= 4 is 0 Å². The molecule has 0 heterocycles. The van der Waals surface area contributed by atoms with Crippen LogP contribution in [0.3, 0.4) is 0 Å². The Balaban J connectivity index is 1.98. The summed E-state index contributed by atoms with van der Waals surface area (Å²) in [4.78, 5) is 2.41. The number of rotatable bonds is 6. The largest absolute Gasteiger partial charge is 0.328 e. The molecule has 1 fully saturated rings. The predicted molar refractivity (Wildman–Crippen MR) is 61.4 cm³/mol. The van der Waals surface area contributed by atoms with E-state index in [4.69, 9.17) is 5.73 Å². The van der Waals surface area contributed by atoms with Gasteiger partial charge < -0.3 is 16.0 Å². The molecule has 3 nitrogen and oxygen atoms in total. The third-order valence-electron chi connectivity index (χ3n) is 3.42. The normalized spacial score (nSPS) is 28.9. The molecular formula is C11H25N3. The molecule has 0 bridgehead atoms. The van der Waals surface area contributed by atoms with Gasteiger partial charge in [-0.2, -0.15) is 0 Å². The van der Waals surface area contributed by atoms with Crippen LogP contribution in [0.15, 0.2) is 0 Å². The van der Waals surface area contributed by atoms with Gasteiger partial charge in [0.15, 0.2) is 0 Å². The zero-order valence-corrected chi connectivity index (χ0v) is 9.79. The van der Waals surface area contributed by atoms with E-state index < -0.39 is 0 Å². The van der Waals surface area contributed by atoms with Crippen molar-refractivity contribution in [1.82, 2.24) is 10.2 Å². The zero-order chi connectivity index (χ0) is 10.6. The fourth-order valence-corrected chi connectivity index (χ4v) is 1.81. The molecule has 3 N–H and O–H groups in total. The molecule has 1 aliphatic rings. The molecule has 0 aliphatic heterocycles. The van der Waals surface area contributed by atoms with Gasteiger partial charge in [-0.3, -0.25) is 0 Å². The Morgan fingerprint density at radius 1 is 1.50 bits per heavy atom. The SMILES string of the molecule is CCC(C)N(C)CCNC1CC(N)C1. The van der Waals surface area contributed by atoms with Gasteiger partial charge in [0.1, 0.15) is 0 Å². The Morgan fingerprint density at radius 2 is 2.14 bits per heavy atom. The van der Waals surface area contributed by atoms with Gasteiger partial charge in [0, 0.05) is 31.2 Å². The minimum absolute atomic E-state index is 0.458. The molecule has 0 radical (unpaired) electrons. The lowest BCUT2D eigenvalue weighted by Gasteiger charge is -2.34. The second-order valence-corrected chi connectivity index (χ2v) is 4.62. The fourth-order valence-electron chi connectivity index (χ4n) is 1.81. The van der Waals surface area contributed by atoms with Crippen molar-refractivity contribution in [1.29, 1.82) is 0 Å². The minimum atomic E-state index is 0.458. The van der Waals surface area contributed by atoms with Gasteiger partial charge in [0.2, 0.25) is 0 Å². The van der Waals surface area contributed by atoms with Gasteiger partial charge in [-0.1, -0.05) is 6.92 Å². The molecule has 1 atom stereocenters. The van der Waals surface area contributed by atoms with Crippen LogP contribution < -0.4 is 11.1 Å². The molecule has 0 aromatic carbocycles. The smallest absolute Gasteiger partial charge is 0.0107 e. The first-order valence-electron chi connectivity index (χ1n) is 5.82. The van der Waals surface area contributed by atoms with E-state index in [9.17, 15) is 0 Å². The van der Waals surface area contributed by atoms with Gasteiger partial charge in [0.25, 0.3) is 0 Å². The third kappa shape index (κ3) is 3.56. The van der Waals surface area contributed by atoms with Crippen molar-refractivity contribution < 1.29 is 0 Å². The Bertz CT molecular complexity index is 155. The molecule has 1 rings (SSSR count). The maximum atomic E-state index is 5.72. The molecule has 3 heteroatoms. The second kappa shape index (κ2) is 5.69. The monoisotopic (exact) mass is 199 g/mol. The Kier molecular flexibility index (Phi) is 4.85. The summed E-state index contributed by atoms with van der Waals surface area (Å²) in [6.07, 6.45) is 3.55. The van der Waals surface area contributed by atoms with E-state index in [-0.39, 0.29) is 0 Å². The third-order valence-corrected chi connectivity index (χ3v) is 3.42. The second-order valence-electron chi connectivity index (χ2n) is 4.62. The highest BCUT2D eigenvalue weighted by atomic mass is 15.1. The standard InChI is InChI=1S/C11H25N3/c1-4-9(2)14(3)6-5-13-11-7-10(12)8-11/h9-11,13H,4-8,12H2,1-3H3. The van der Waals surface area contributed by atoms with Crippen LogP contribution in [0.5, 0.6) is 0 Å². The highest BCUT2D eigenvalue weighted by molar-refractivity contribution is 4.87. The first-order valence-corrected chi connectivity index (χ1v) is 5.82. The first-order chi connectivity index (χ1) is 6.63. The van der Waals surface area contributed by atoms with Crippen LogP contribution in [0, 0.1) is 0 Å². The summed E-state index contributed by atoms with van der Waals surface area (Å²) < 4.78 is 0. The van der Waals surface area contributed by atoms with Crippen LogP contribution >= 0.6 is 0 Å². The Labute approximate surface area is 88.0 Å². The van der Waals surface area contributed by atoms with Crippen molar-refractivity contribution in [2.75, 3.05) is 20.1 Å². The average Bonchev–Trinajstić information content (AvgIpc) is 2.13. The Hall–Kier alpha value is -0.120. The number of hydrogen-bond acceptors (Lipinski definition) is 3. The average molecular weight is 199 g/mol. The molecule has 0 saturated heterocycles. The molecule has 1 saturated carbocycles. The number of nitrogens with two attached hydrogens (primary N) is 1. The number of nitrogens with zero attached hydrogens (tertiary/aromatic N) is 1. The topological polar surface area (TPSA) is 41.3 Å². The molecule has 1 unspecified atom stereocenters. The van der Waals surface area contributed by atoms with Gasteiger partial charge in [-0.25, -0.2) is 0 Å². The number of nitrogens with one attached hydrogen (secondary N) is 1. The van der Waals surface area contributed by atoms with E-state index in [1.165, 1.54) is 6.42 Å². The molecule has 14 heavy (non-hydrogen) atoms. The van der Waals surface area contributed by atoms with E-state index in [0.29, 0.717) is 18.1 Å². The van der Waals surface area contributed by atoms with E-state index in [1.54, 1.807) is 0 Å². The van der Waals surface area contributed by atoms with Crippen LogP contribution in [-0.4, -0.2) is 43.2 Å². The maximum Gasteiger partial charge on any atom is 0.0107 e. The summed E-state index contributed by atoms with van der Waals surface area (Å²) in [6, 6.07) is 1.84. The number of hydrogen-bond donors (Lipinski definition) is 2. The van der Waals surface area contributed by atoms with E-state index >= 15 is 0 Å². The van der Waals surface area contributed by atoms with Crippen LogP contribution in [-0.2, 0) is 0 Å². The van der Waals surface area contributed by atoms with Gasteiger partial charge in [0.05, 0.1) is 0 Å². The lowest BCUT2D eigenvalue weighted by Crippen LogP contribution is -2.50. The summed E-state index contributed by atoms with van der Waals surface area (Å²) >= 11 is 0. The van der Waals surface area contributed by atoms with Crippen LogP contribution in [0.2, 0.25) is 0 Å². The summed E-state index contributed by atoms with van der Waals surface area (Å²) in [6.45, 7) is 6.75. The van der Waals surface area contributed by atoms with Crippen molar-refractivity contribution in [3.63, 3.8) is 0 Å².